The highest BCUT2D eigenvalue weighted by Crippen LogP contribution is 2.26. The van der Waals surface area contributed by atoms with Gasteiger partial charge in [-0.25, -0.2) is 0 Å². The van der Waals surface area contributed by atoms with Crippen LogP contribution in [0.4, 0.5) is 0 Å². The first-order valence-corrected chi connectivity index (χ1v) is 8.17. The molecule has 0 aromatic rings. The van der Waals surface area contributed by atoms with Crippen LogP contribution in [0.3, 0.4) is 0 Å². The summed E-state index contributed by atoms with van der Waals surface area (Å²) in [6.45, 7) is 8.23. The molecule has 5 nitrogen and oxygen atoms in total. The molecule has 5 heteroatoms. The van der Waals surface area contributed by atoms with Gasteiger partial charge >= 0.3 is 0 Å². The van der Waals surface area contributed by atoms with E-state index in [0.717, 1.165) is 38.8 Å². The van der Waals surface area contributed by atoms with Crippen molar-refractivity contribution in [2.45, 2.75) is 65.0 Å². The quantitative estimate of drug-likeness (QED) is 0.836. The molecule has 21 heavy (non-hydrogen) atoms. The Morgan fingerprint density at radius 2 is 1.67 bits per heavy atom. The van der Waals surface area contributed by atoms with Gasteiger partial charge < -0.3 is 15.5 Å². The van der Waals surface area contributed by atoms with E-state index in [0.29, 0.717) is 6.54 Å². The second-order valence-corrected chi connectivity index (χ2v) is 7.42. The third kappa shape index (κ3) is 3.57. The Bertz CT molecular complexity index is 397. The van der Waals surface area contributed by atoms with Gasteiger partial charge in [0.05, 0.1) is 6.04 Å². The van der Waals surface area contributed by atoms with Crippen molar-refractivity contribution in [2.75, 3.05) is 19.6 Å². The zero-order valence-corrected chi connectivity index (χ0v) is 13.6. The van der Waals surface area contributed by atoms with Gasteiger partial charge in [0.1, 0.15) is 6.04 Å². The molecule has 0 bridgehead atoms. The fourth-order valence-electron chi connectivity index (χ4n) is 3.16. The highest BCUT2D eigenvalue weighted by molar-refractivity contribution is 5.90. The summed E-state index contributed by atoms with van der Waals surface area (Å²) in [5.74, 6) is 0.0528. The first-order chi connectivity index (χ1) is 9.82. The number of hydrogen-bond donors (Lipinski definition) is 1. The summed E-state index contributed by atoms with van der Waals surface area (Å²) >= 11 is 0. The molecule has 2 aliphatic heterocycles. The lowest BCUT2D eigenvalue weighted by Crippen LogP contribution is -2.55. The molecule has 0 aromatic carbocycles. The topological polar surface area (TPSA) is 66.6 Å². The summed E-state index contributed by atoms with van der Waals surface area (Å²) in [5.41, 5.74) is 5.82. The lowest BCUT2D eigenvalue weighted by molar-refractivity contribution is -0.146. The first-order valence-electron chi connectivity index (χ1n) is 8.17. The zero-order chi connectivity index (χ0) is 15.6. The van der Waals surface area contributed by atoms with E-state index in [1.54, 1.807) is 4.90 Å². The summed E-state index contributed by atoms with van der Waals surface area (Å²) in [6, 6.07) is -0.837. The van der Waals surface area contributed by atoms with E-state index in [1.165, 1.54) is 6.42 Å². The van der Waals surface area contributed by atoms with Crippen LogP contribution in [0.15, 0.2) is 0 Å². The van der Waals surface area contributed by atoms with Crippen LogP contribution in [-0.4, -0.2) is 53.3 Å². The fraction of sp³-hybridized carbons (Fsp3) is 0.875. The minimum absolute atomic E-state index is 0.0737. The highest BCUT2D eigenvalue weighted by Gasteiger charge is 2.40. The van der Waals surface area contributed by atoms with Crippen LogP contribution >= 0.6 is 0 Å². The number of piperidine rings is 1. The Hall–Kier alpha value is -1.10. The van der Waals surface area contributed by atoms with Crippen LogP contribution in [0.5, 0.6) is 0 Å². The third-order valence-corrected chi connectivity index (χ3v) is 4.69. The molecule has 2 N–H and O–H groups in total. The molecule has 2 aliphatic rings. The number of carbonyl (C=O) groups excluding carboxylic acids is 2. The largest absolute Gasteiger partial charge is 0.341 e. The molecule has 0 aromatic heterocycles. The van der Waals surface area contributed by atoms with Gasteiger partial charge in [-0.05, 0) is 37.5 Å². The molecule has 0 spiro atoms. The molecule has 2 amide bonds. The zero-order valence-electron chi connectivity index (χ0n) is 13.6. The molecule has 0 saturated carbocycles. The van der Waals surface area contributed by atoms with Crippen LogP contribution in [0, 0.1) is 5.41 Å². The van der Waals surface area contributed by atoms with Gasteiger partial charge in [0.25, 0.3) is 0 Å². The maximum absolute atomic E-state index is 12.7. The van der Waals surface area contributed by atoms with Gasteiger partial charge in [0, 0.05) is 19.6 Å². The van der Waals surface area contributed by atoms with Crippen molar-refractivity contribution < 1.29 is 9.59 Å². The maximum Gasteiger partial charge on any atom is 0.245 e. The van der Waals surface area contributed by atoms with Crippen LogP contribution < -0.4 is 5.73 Å². The van der Waals surface area contributed by atoms with Crippen molar-refractivity contribution in [3.63, 3.8) is 0 Å². The molecule has 2 saturated heterocycles. The lowest BCUT2D eigenvalue weighted by Gasteiger charge is -2.35. The minimum atomic E-state index is -0.549. The summed E-state index contributed by atoms with van der Waals surface area (Å²) in [5, 5.41) is 0. The molecule has 0 unspecified atom stereocenters. The summed E-state index contributed by atoms with van der Waals surface area (Å²) < 4.78 is 0. The molecule has 2 rings (SSSR count). The number of nitrogens with zero attached hydrogens (tertiary/aromatic N) is 2. The predicted molar refractivity (Wildman–Crippen MR) is 82.6 cm³/mol. The SMILES string of the molecule is CC(C)(C)[C@H](N)C(=O)N1CCC[C@H]1C(=O)N1CCCCC1. The molecular weight excluding hydrogens is 266 g/mol. The van der Waals surface area contributed by atoms with E-state index >= 15 is 0 Å². The molecule has 2 fully saturated rings. The highest BCUT2D eigenvalue weighted by atomic mass is 16.2. The maximum atomic E-state index is 12.7. The number of carbonyl (C=O) groups is 2. The molecule has 2 atom stereocenters. The Kier molecular flexibility index (Phi) is 4.91. The fourth-order valence-corrected chi connectivity index (χ4v) is 3.16. The summed E-state index contributed by atoms with van der Waals surface area (Å²) in [7, 11) is 0. The molecular formula is C16H29N3O2. The third-order valence-electron chi connectivity index (χ3n) is 4.69. The number of amides is 2. The second kappa shape index (κ2) is 6.34. The van der Waals surface area contributed by atoms with E-state index in [-0.39, 0.29) is 23.3 Å². The standard InChI is InChI=1S/C16H29N3O2/c1-16(2,3)13(17)15(21)19-11-7-8-12(19)14(20)18-9-5-4-6-10-18/h12-13H,4-11,17H2,1-3H3/t12-,13+/m0/s1. The lowest BCUT2D eigenvalue weighted by atomic mass is 9.86. The number of hydrogen-bond acceptors (Lipinski definition) is 3. The van der Waals surface area contributed by atoms with Gasteiger partial charge in [-0.2, -0.15) is 0 Å². The van der Waals surface area contributed by atoms with E-state index in [1.807, 2.05) is 25.7 Å². The van der Waals surface area contributed by atoms with Crippen molar-refractivity contribution in [3.8, 4) is 0 Å². The van der Waals surface area contributed by atoms with Gasteiger partial charge in [-0.1, -0.05) is 20.8 Å². The smallest absolute Gasteiger partial charge is 0.245 e. The van der Waals surface area contributed by atoms with Gasteiger partial charge in [0.2, 0.25) is 11.8 Å². The number of rotatable bonds is 2. The molecule has 0 radical (unpaired) electrons. The van der Waals surface area contributed by atoms with E-state index in [4.69, 9.17) is 5.73 Å². The van der Waals surface area contributed by atoms with Crippen LogP contribution in [-0.2, 0) is 9.59 Å². The molecule has 0 aliphatic carbocycles. The first kappa shape index (κ1) is 16.3. The van der Waals surface area contributed by atoms with E-state index in [9.17, 15) is 9.59 Å². The Morgan fingerprint density at radius 3 is 2.24 bits per heavy atom. The monoisotopic (exact) mass is 295 g/mol. The average molecular weight is 295 g/mol. The normalized spacial score (nSPS) is 25.0. The van der Waals surface area contributed by atoms with Crippen LogP contribution in [0.25, 0.3) is 0 Å². The summed E-state index contributed by atoms with van der Waals surface area (Å²) in [4.78, 5) is 29.0. The Morgan fingerprint density at radius 1 is 1.05 bits per heavy atom. The second-order valence-electron chi connectivity index (χ2n) is 7.42. The van der Waals surface area contributed by atoms with Crippen LogP contribution in [0.2, 0.25) is 0 Å². The molecule has 120 valence electrons. The predicted octanol–water partition coefficient (Wildman–Crippen LogP) is 1.36. The summed E-state index contributed by atoms with van der Waals surface area (Å²) in [6.07, 6.45) is 5.03. The molecule has 2 heterocycles. The Balaban J connectivity index is 2.05. The van der Waals surface area contributed by atoms with E-state index < -0.39 is 6.04 Å². The minimum Gasteiger partial charge on any atom is -0.341 e. The van der Waals surface area contributed by atoms with Crippen molar-refractivity contribution in [1.29, 1.82) is 0 Å². The van der Waals surface area contributed by atoms with Gasteiger partial charge in [-0.3, -0.25) is 9.59 Å². The van der Waals surface area contributed by atoms with Crippen molar-refractivity contribution in [1.82, 2.24) is 9.80 Å². The number of likely N-dealkylation sites (tertiary alicyclic amines) is 2. The average Bonchev–Trinajstić information content (AvgIpc) is 2.94. The Labute approximate surface area is 127 Å². The van der Waals surface area contributed by atoms with Crippen molar-refractivity contribution in [2.24, 2.45) is 11.1 Å². The van der Waals surface area contributed by atoms with Crippen LogP contribution in [0.1, 0.15) is 52.9 Å². The number of nitrogens with two attached hydrogens (primary N) is 1. The van der Waals surface area contributed by atoms with E-state index in [2.05, 4.69) is 0 Å². The van der Waals surface area contributed by atoms with Gasteiger partial charge in [0.15, 0.2) is 0 Å². The van der Waals surface area contributed by atoms with Crippen molar-refractivity contribution >= 4 is 11.8 Å². The van der Waals surface area contributed by atoms with Gasteiger partial charge in [-0.15, -0.1) is 0 Å². The van der Waals surface area contributed by atoms with Crippen molar-refractivity contribution in [3.05, 3.63) is 0 Å².